The summed E-state index contributed by atoms with van der Waals surface area (Å²) in [4.78, 5) is 26.7. The summed E-state index contributed by atoms with van der Waals surface area (Å²) in [5, 5.41) is 2.92. The maximum atomic E-state index is 12.8. The van der Waals surface area contributed by atoms with Gasteiger partial charge in [-0.15, -0.1) is 0 Å². The van der Waals surface area contributed by atoms with Crippen molar-refractivity contribution in [2.75, 3.05) is 18.5 Å². The van der Waals surface area contributed by atoms with Crippen molar-refractivity contribution in [3.05, 3.63) is 65.7 Å². The summed E-state index contributed by atoms with van der Waals surface area (Å²) >= 11 is 0. The summed E-state index contributed by atoms with van der Waals surface area (Å²) in [5.41, 5.74) is 2.99. The lowest BCUT2D eigenvalue weighted by Gasteiger charge is -2.34. The van der Waals surface area contributed by atoms with E-state index in [-0.39, 0.29) is 25.0 Å². The number of hydrogen-bond donors (Lipinski definition) is 1. The summed E-state index contributed by atoms with van der Waals surface area (Å²) in [7, 11) is 0. The van der Waals surface area contributed by atoms with Gasteiger partial charge in [-0.3, -0.25) is 9.59 Å². The minimum absolute atomic E-state index is 0.0166. The van der Waals surface area contributed by atoms with Gasteiger partial charge in [0.1, 0.15) is 12.6 Å². The Morgan fingerprint density at radius 1 is 1.11 bits per heavy atom. The van der Waals surface area contributed by atoms with Crippen LogP contribution in [0.25, 0.3) is 0 Å². The summed E-state index contributed by atoms with van der Waals surface area (Å²) in [6, 6.07) is 17.0. The zero-order valence-electron chi connectivity index (χ0n) is 15.7. The number of amides is 2. The number of aryl methyl sites for hydroxylation is 1. The van der Waals surface area contributed by atoms with E-state index in [1.165, 1.54) is 5.56 Å². The minimum Gasteiger partial charge on any atom is -0.369 e. The number of anilines is 1. The van der Waals surface area contributed by atoms with Crippen LogP contribution >= 0.6 is 0 Å². The van der Waals surface area contributed by atoms with Crippen LogP contribution in [0.5, 0.6) is 0 Å². The summed E-state index contributed by atoms with van der Waals surface area (Å²) in [5.74, 6) is -0.388. The summed E-state index contributed by atoms with van der Waals surface area (Å²) < 4.78 is 5.33. The summed E-state index contributed by atoms with van der Waals surface area (Å²) in [6.45, 7) is 2.79. The van der Waals surface area contributed by atoms with Crippen molar-refractivity contribution in [2.45, 2.75) is 38.8 Å². The van der Waals surface area contributed by atoms with E-state index in [0.29, 0.717) is 6.54 Å². The number of rotatable bonds is 7. The Morgan fingerprint density at radius 3 is 2.56 bits per heavy atom. The first-order valence-electron chi connectivity index (χ1n) is 9.48. The lowest BCUT2D eigenvalue weighted by atomic mass is 10.1. The molecule has 142 valence electrons. The van der Waals surface area contributed by atoms with Gasteiger partial charge in [0.2, 0.25) is 11.8 Å². The normalized spacial score (nSPS) is 17.0. The molecule has 0 spiro atoms. The Morgan fingerprint density at radius 2 is 1.85 bits per heavy atom. The van der Waals surface area contributed by atoms with Gasteiger partial charge in [0, 0.05) is 12.2 Å². The third-order valence-electron chi connectivity index (χ3n) is 4.74. The predicted molar refractivity (Wildman–Crippen MR) is 105 cm³/mol. The van der Waals surface area contributed by atoms with Crippen LogP contribution < -0.4 is 5.32 Å². The molecule has 1 unspecified atom stereocenters. The lowest BCUT2D eigenvalue weighted by Crippen LogP contribution is -2.54. The lowest BCUT2D eigenvalue weighted by molar-refractivity contribution is -0.154. The molecule has 3 rings (SSSR count). The van der Waals surface area contributed by atoms with Crippen LogP contribution in [-0.2, 0) is 27.3 Å². The molecule has 1 atom stereocenters. The molecular formula is C22H26N2O3. The van der Waals surface area contributed by atoms with Crippen LogP contribution in [0.3, 0.4) is 0 Å². The van der Waals surface area contributed by atoms with E-state index in [2.05, 4.69) is 12.2 Å². The molecule has 0 aromatic heterocycles. The highest BCUT2D eigenvalue weighted by atomic mass is 16.5. The van der Waals surface area contributed by atoms with Crippen LogP contribution in [0.15, 0.2) is 54.6 Å². The Labute approximate surface area is 160 Å². The molecule has 1 heterocycles. The molecule has 2 aromatic rings. The Kier molecular flexibility index (Phi) is 6.60. The van der Waals surface area contributed by atoms with E-state index in [4.69, 9.17) is 4.74 Å². The van der Waals surface area contributed by atoms with Crippen LogP contribution in [-0.4, -0.2) is 36.0 Å². The number of carbonyl (C=O) groups excluding carboxylic acids is 2. The van der Waals surface area contributed by atoms with Crippen molar-refractivity contribution in [1.82, 2.24) is 4.90 Å². The monoisotopic (exact) mass is 366 g/mol. The molecule has 1 N–H and O–H groups in total. The van der Waals surface area contributed by atoms with Gasteiger partial charge in [-0.1, -0.05) is 55.8 Å². The molecule has 1 fully saturated rings. The molecule has 0 aliphatic carbocycles. The van der Waals surface area contributed by atoms with Crippen molar-refractivity contribution >= 4 is 17.5 Å². The molecule has 0 bridgehead atoms. The van der Waals surface area contributed by atoms with Crippen molar-refractivity contribution in [1.29, 1.82) is 0 Å². The highest BCUT2D eigenvalue weighted by Gasteiger charge is 2.34. The maximum Gasteiger partial charge on any atom is 0.249 e. The third-order valence-corrected chi connectivity index (χ3v) is 4.74. The molecular weight excluding hydrogens is 340 g/mol. The first kappa shape index (κ1) is 19.1. The average Bonchev–Trinajstić information content (AvgIpc) is 2.70. The highest BCUT2D eigenvalue weighted by Crippen LogP contribution is 2.17. The molecule has 1 aliphatic rings. The van der Waals surface area contributed by atoms with Crippen LogP contribution in [0, 0.1) is 0 Å². The van der Waals surface area contributed by atoms with Gasteiger partial charge in [0.25, 0.3) is 0 Å². The summed E-state index contributed by atoms with van der Waals surface area (Å²) in [6.07, 6.45) is 3.35. The minimum atomic E-state index is -0.633. The van der Waals surface area contributed by atoms with E-state index >= 15 is 0 Å². The van der Waals surface area contributed by atoms with Crippen LogP contribution in [0.2, 0.25) is 0 Å². The molecule has 2 amide bonds. The molecule has 0 saturated carbocycles. The molecule has 5 nitrogen and oxygen atoms in total. The second kappa shape index (κ2) is 9.33. The second-order valence-electron chi connectivity index (χ2n) is 6.83. The molecule has 0 radical (unpaired) electrons. The smallest absolute Gasteiger partial charge is 0.249 e. The van der Waals surface area contributed by atoms with Gasteiger partial charge in [0.05, 0.1) is 6.61 Å². The average molecular weight is 366 g/mol. The van der Waals surface area contributed by atoms with Crippen LogP contribution in [0.1, 0.15) is 30.9 Å². The second-order valence-corrected chi connectivity index (χ2v) is 6.83. The Hall–Kier alpha value is -2.66. The largest absolute Gasteiger partial charge is 0.369 e. The predicted octanol–water partition coefficient (Wildman–Crippen LogP) is 3.40. The topological polar surface area (TPSA) is 58.6 Å². The fraction of sp³-hybridized carbons (Fsp3) is 0.364. The van der Waals surface area contributed by atoms with E-state index in [1.807, 2.05) is 54.6 Å². The van der Waals surface area contributed by atoms with E-state index in [0.717, 1.165) is 30.5 Å². The fourth-order valence-corrected chi connectivity index (χ4v) is 3.16. The zero-order chi connectivity index (χ0) is 19.1. The van der Waals surface area contributed by atoms with Gasteiger partial charge in [-0.2, -0.15) is 0 Å². The number of nitrogens with one attached hydrogen (secondary N) is 1. The van der Waals surface area contributed by atoms with E-state index in [1.54, 1.807) is 4.90 Å². The number of unbranched alkanes of at least 4 members (excludes halogenated alkanes) is 1. The molecule has 1 saturated heterocycles. The first-order valence-corrected chi connectivity index (χ1v) is 9.48. The van der Waals surface area contributed by atoms with Crippen molar-refractivity contribution in [3.63, 3.8) is 0 Å². The SMILES string of the molecule is CCCCc1ccc(NC(=O)C2COCC(=O)N2Cc2ccccc2)cc1. The molecule has 5 heteroatoms. The first-order chi connectivity index (χ1) is 13.2. The number of nitrogens with zero attached hydrogens (tertiary/aromatic N) is 1. The zero-order valence-corrected chi connectivity index (χ0v) is 15.7. The van der Waals surface area contributed by atoms with Crippen molar-refractivity contribution < 1.29 is 14.3 Å². The van der Waals surface area contributed by atoms with Crippen molar-refractivity contribution in [2.24, 2.45) is 0 Å². The van der Waals surface area contributed by atoms with Crippen LogP contribution in [0.4, 0.5) is 5.69 Å². The van der Waals surface area contributed by atoms with Gasteiger partial charge < -0.3 is 15.0 Å². The standard InChI is InChI=1S/C22H26N2O3/c1-2-3-7-17-10-12-19(13-11-17)23-22(26)20-15-27-16-21(25)24(20)14-18-8-5-4-6-9-18/h4-6,8-13,20H,2-3,7,14-16H2,1H3,(H,23,26). The fourth-order valence-electron chi connectivity index (χ4n) is 3.16. The van der Waals surface area contributed by atoms with E-state index < -0.39 is 6.04 Å². The quantitative estimate of drug-likeness (QED) is 0.817. The number of benzene rings is 2. The highest BCUT2D eigenvalue weighted by molar-refractivity contribution is 5.97. The Bertz CT molecular complexity index is 759. The van der Waals surface area contributed by atoms with E-state index in [9.17, 15) is 9.59 Å². The molecule has 2 aromatic carbocycles. The van der Waals surface area contributed by atoms with Gasteiger partial charge in [0.15, 0.2) is 0 Å². The van der Waals surface area contributed by atoms with Crippen molar-refractivity contribution in [3.8, 4) is 0 Å². The molecule has 1 aliphatic heterocycles. The number of ether oxygens (including phenoxy) is 1. The number of hydrogen-bond acceptors (Lipinski definition) is 3. The number of morpholine rings is 1. The van der Waals surface area contributed by atoms with Gasteiger partial charge in [-0.25, -0.2) is 0 Å². The van der Waals surface area contributed by atoms with Gasteiger partial charge >= 0.3 is 0 Å². The molecule has 27 heavy (non-hydrogen) atoms. The van der Waals surface area contributed by atoms with Gasteiger partial charge in [-0.05, 0) is 36.1 Å². The maximum absolute atomic E-state index is 12.8. The Balaban J connectivity index is 1.66. The third kappa shape index (κ3) is 5.17. The number of carbonyl (C=O) groups is 2.